The van der Waals surface area contributed by atoms with Crippen LogP contribution in [0.1, 0.15) is 76.8 Å². The number of allylic oxidation sites excluding steroid dienone is 8. The number of carboxylic acids is 1. The molecule has 2 unspecified atom stereocenters. The van der Waals surface area contributed by atoms with E-state index in [0.717, 1.165) is 12.1 Å². The van der Waals surface area contributed by atoms with Crippen molar-refractivity contribution < 1.29 is 84.1 Å². The van der Waals surface area contributed by atoms with Gasteiger partial charge in [0.2, 0.25) is 5.69 Å². The molecule has 0 bridgehead atoms. The third kappa shape index (κ3) is 11.8. The van der Waals surface area contributed by atoms with Crippen LogP contribution in [-0.4, -0.2) is 119 Å². The Morgan fingerprint density at radius 3 is 1.75 bits per heavy atom. The minimum absolute atomic E-state index is 0.0415. The molecule has 0 amide bonds. The van der Waals surface area contributed by atoms with Crippen LogP contribution >= 0.6 is 0 Å². The molecule has 0 saturated carbocycles. The third-order valence-electron chi connectivity index (χ3n) is 13.0. The highest BCUT2D eigenvalue weighted by Crippen LogP contribution is 2.54. The number of rotatable bonds is 22. The number of fused-ring (bicyclic) bond motifs is 6. The van der Waals surface area contributed by atoms with Crippen LogP contribution < -0.4 is 4.90 Å². The van der Waals surface area contributed by atoms with Gasteiger partial charge in [0, 0.05) is 78.7 Å². The predicted molar refractivity (Wildman–Crippen MR) is 259 cm³/mol. The number of hydrogen-bond acceptors (Lipinski definition) is 18. The molecule has 390 valence electrons. The first-order chi connectivity index (χ1) is 33.4. The van der Waals surface area contributed by atoms with Crippen molar-refractivity contribution in [2.75, 3.05) is 37.5 Å². The van der Waals surface area contributed by atoms with Crippen molar-refractivity contribution >= 4 is 95.2 Å². The number of carboxylic acid groups (broad SMARTS) is 1. The van der Waals surface area contributed by atoms with Gasteiger partial charge >= 0.3 is 5.97 Å². The lowest BCUT2D eigenvalue weighted by molar-refractivity contribution is -0.438. The van der Waals surface area contributed by atoms with Crippen LogP contribution in [0.25, 0.3) is 21.5 Å². The fourth-order valence-electron chi connectivity index (χ4n) is 9.90. The summed E-state index contributed by atoms with van der Waals surface area (Å²) in [6.45, 7) is 6.02. The van der Waals surface area contributed by atoms with Crippen molar-refractivity contribution in [3.8, 4) is 0 Å². The molecule has 0 spiro atoms. The van der Waals surface area contributed by atoms with E-state index in [9.17, 15) is 74.8 Å². The van der Waals surface area contributed by atoms with Gasteiger partial charge in [0.15, 0.2) is 5.71 Å². The largest absolute Gasteiger partial charge is 0.748 e. The number of carbonyl (C=O) groups is 1. The Morgan fingerprint density at radius 1 is 0.667 bits per heavy atom. The molecule has 2 aliphatic rings. The summed E-state index contributed by atoms with van der Waals surface area (Å²) in [5.74, 6) is -1.73. The van der Waals surface area contributed by atoms with Gasteiger partial charge in [-0.05, 0) is 117 Å². The smallest absolute Gasteiger partial charge is 0.303 e. The zero-order valence-corrected chi connectivity index (χ0v) is 43.3. The number of benzene rings is 4. The van der Waals surface area contributed by atoms with Crippen molar-refractivity contribution in [3.63, 3.8) is 0 Å². The van der Waals surface area contributed by atoms with E-state index in [0.29, 0.717) is 71.9 Å². The molecule has 1 N–H and O–H groups in total. The lowest BCUT2D eigenvalue weighted by Crippen LogP contribution is -2.33. The Morgan fingerprint density at radius 2 is 1.22 bits per heavy atom. The second-order valence-corrected chi connectivity index (χ2v) is 24.7. The summed E-state index contributed by atoms with van der Waals surface area (Å²) in [6.07, 6.45) is 13.1. The summed E-state index contributed by atoms with van der Waals surface area (Å²) in [6, 6.07) is 8.88. The number of unbranched alkanes of at least 4 members (excludes halogenated alkanes) is 2. The van der Waals surface area contributed by atoms with Gasteiger partial charge in [-0.25, -0.2) is 42.1 Å². The summed E-state index contributed by atoms with van der Waals surface area (Å²) < 4.78 is 192. The molecule has 72 heavy (non-hydrogen) atoms. The molecular weight excluding hydrogens is 1040 g/mol. The van der Waals surface area contributed by atoms with Crippen LogP contribution in [0.15, 0.2) is 116 Å². The van der Waals surface area contributed by atoms with Crippen LogP contribution in [0.4, 0.5) is 11.4 Å². The van der Waals surface area contributed by atoms with E-state index in [2.05, 4.69) is 0 Å². The molecule has 25 heteroatoms. The van der Waals surface area contributed by atoms with Crippen LogP contribution in [0.5, 0.6) is 0 Å². The molecule has 20 nitrogen and oxygen atoms in total. The summed E-state index contributed by atoms with van der Waals surface area (Å²) in [7, 11) is -24.5. The first kappa shape index (κ1) is 56.1. The minimum Gasteiger partial charge on any atom is -0.748 e. The molecule has 2 atom stereocenters. The van der Waals surface area contributed by atoms with Crippen molar-refractivity contribution in [2.24, 2.45) is 0 Å². The molecule has 0 fully saturated rings. The Bertz CT molecular complexity index is 3600. The maximum atomic E-state index is 12.5. The fraction of sp³-hybridized carbons (Fsp3) is 0.362. The Labute approximate surface area is 418 Å². The van der Waals surface area contributed by atoms with E-state index < -0.39 is 92.7 Å². The molecule has 0 radical (unpaired) electrons. The number of hydrogen-bond donors (Lipinski definition) is 1. The molecular formula is C47H50N2O18S5-4. The molecule has 2 heterocycles. The third-order valence-corrected chi connectivity index (χ3v) is 17.2. The van der Waals surface area contributed by atoms with E-state index in [1.807, 2.05) is 11.5 Å². The Balaban J connectivity index is 1.45. The molecule has 4 aromatic rings. The fourth-order valence-corrected chi connectivity index (χ4v) is 13.0. The quantitative estimate of drug-likeness (QED) is 0.0450. The van der Waals surface area contributed by atoms with E-state index in [1.165, 1.54) is 25.3 Å². The lowest BCUT2D eigenvalue weighted by atomic mass is 9.75. The molecule has 6 rings (SSSR count). The van der Waals surface area contributed by atoms with E-state index in [4.69, 9.17) is 4.74 Å². The number of likely N-dealkylation sites (N-methyl/N-ethyl adjacent to an activating group) is 1. The maximum Gasteiger partial charge on any atom is 0.303 e. The monoisotopic (exact) mass is 1090 g/mol. The standard InChI is InChI=1S/C47H54N2O18S5/c1-5-48-37-20-18-33-35(27-31(69(55,56)57)29-39(33)71(61,62)63)44(37)46(2,22-14-26-68(52,53)54)41(48)15-10-7-6-8-11-16-42-47(3,23-25-67-4)45-36-28-32(70(58,59)60)30-40(72(64,65)66)34(36)19-21-38(45)49(42)24-13-9-12-17-43(50)51/h6-8,10-11,15-16,18-21,27-30H,5,9,12-14,17,22-26H2,1-4H3,(H5-,50,51,52,53,54,55,56,57,58,59,60,61,62,63,64,65,66)/p-4. The van der Waals surface area contributed by atoms with Gasteiger partial charge in [-0.3, -0.25) is 4.79 Å². The van der Waals surface area contributed by atoms with Gasteiger partial charge in [0.05, 0.1) is 35.1 Å². The number of nitrogens with zero attached hydrogens (tertiary/aromatic N) is 2. The average Bonchev–Trinajstić information content (AvgIpc) is 3.65. The second-order valence-electron chi connectivity index (χ2n) is 17.7. The van der Waals surface area contributed by atoms with E-state index >= 15 is 0 Å². The molecule has 2 aliphatic heterocycles. The molecule has 0 aliphatic carbocycles. The summed E-state index contributed by atoms with van der Waals surface area (Å²) in [5, 5.41) is 8.92. The average molecular weight is 1090 g/mol. The van der Waals surface area contributed by atoms with Crippen LogP contribution in [0.2, 0.25) is 0 Å². The van der Waals surface area contributed by atoms with E-state index in [-0.39, 0.29) is 60.4 Å². The van der Waals surface area contributed by atoms with Crippen molar-refractivity contribution in [1.82, 2.24) is 0 Å². The zero-order valence-electron chi connectivity index (χ0n) is 39.3. The van der Waals surface area contributed by atoms with Crippen LogP contribution in [0.3, 0.4) is 0 Å². The van der Waals surface area contributed by atoms with Crippen LogP contribution in [-0.2, 0) is 71.0 Å². The SMILES string of the molecule is CCN1C(=CC=CC=CC=CC2=[N+](CCCCCC(=O)O)c3ccc4c(S(=O)(=O)[O-])cc(S(=O)(=O)[O-])cc4c3C2(C)CCOC)C(C)(CCCS(=O)(=O)[O-])c2c1ccc1c(S(=O)(=O)[O-])cc(S(=O)(=O)[O-])cc21. The normalized spacial score (nSPS) is 19.6. The summed E-state index contributed by atoms with van der Waals surface area (Å²) >= 11 is 0. The van der Waals surface area contributed by atoms with Gasteiger partial charge in [0.25, 0.3) is 0 Å². The minimum atomic E-state index is -5.34. The first-order valence-corrected chi connectivity index (χ1v) is 29.4. The highest BCUT2D eigenvalue weighted by Gasteiger charge is 2.49. The second kappa shape index (κ2) is 21.0. The number of aliphatic carboxylic acids is 1. The molecule has 4 aromatic carbocycles. The van der Waals surface area contributed by atoms with Crippen LogP contribution in [0, 0.1) is 0 Å². The Hall–Kier alpha value is -5.19. The number of anilines is 1. The highest BCUT2D eigenvalue weighted by atomic mass is 32.2. The Kier molecular flexibility index (Phi) is 16.3. The van der Waals surface area contributed by atoms with Crippen molar-refractivity contribution in [1.29, 1.82) is 0 Å². The van der Waals surface area contributed by atoms with Crippen molar-refractivity contribution in [3.05, 3.63) is 108 Å². The van der Waals surface area contributed by atoms with Crippen molar-refractivity contribution in [2.45, 2.75) is 96.1 Å². The number of methoxy groups -OCH3 is 1. The number of ether oxygens (including phenoxy) is 1. The molecule has 0 aromatic heterocycles. The molecule has 0 saturated heterocycles. The first-order valence-electron chi connectivity index (χ1n) is 22.2. The summed E-state index contributed by atoms with van der Waals surface area (Å²) in [4.78, 5) is 9.33. The topological polar surface area (TPSA) is 339 Å². The predicted octanol–water partition coefficient (Wildman–Crippen LogP) is 5.32. The highest BCUT2D eigenvalue weighted by molar-refractivity contribution is 7.87. The van der Waals surface area contributed by atoms with Gasteiger partial charge in [-0.2, -0.15) is 4.58 Å². The van der Waals surface area contributed by atoms with Gasteiger partial charge in [-0.15, -0.1) is 0 Å². The zero-order chi connectivity index (χ0) is 53.4. The maximum absolute atomic E-state index is 12.5. The summed E-state index contributed by atoms with van der Waals surface area (Å²) in [5.41, 5.74) is 0.465. The van der Waals surface area contributed by atoms with E-state index in [1.54, 1.807) is 67.3 Å². The lowest BCUT2D eigenvalue weighted by Gasteiger charge is -2.30. The van der Waals surface area contributed by atoms with Gasteiger partial charge in [0.1, 0.15) is 47.0 Å². The van der Waals surface area contributed by atoms with Gasteiger partial charge in [-0.1, -0.05) is 36.4 Å². The van der Waals surface area contributed by atoms with Gasteiger partial charge < -0.3 is 37.5 Å².